The zero-order valence-corrected chi connectivity index (χ0v) is 22.3. The molecule has 2 aliphatic rings. The number of nitrogens with one attached hydrogen (secondary N) is 2. The van der Waals surface area contributed by atoms with Crippen LogP contribution in [0.5, 0.6) is 0 Å². The highest BCUT2D eigenvalue weighted by Crippen LogP contribution is 2.45. The lowest BCUT2D eigenvalue weighted by Crippen LogP contribution is -2.50. The summed E-state index contributed by atoms with van der Waals surface area (Å²) in [6, 6.07) is 8.35. The minimum Gasteiger partial charge on any atom is -0.481 e. The molecule has 1 aliphatic heterocycles. The first-order valence-electron chi connectivity index (χ1n) is 13.1. The zero-order valence-electron chi connectivity index (χ0n) is 21.5. The molecule has 1 aromatic carbocycles. The maximum Gasteiger partial charge on any atom is 0.310 e. The highest BCUT2D eigenvalue weighted by molar-refractivity contribution is 6.30. The number of rotatable bonds is 9. The van der Waals surface area contributed by atoms with E-state index < -0.39 is 23.0 Å². The number of carboxylic acids is 1. The first-order chi connectivity index (χ1) is 18.2. The minimum absolute atomic E-state index is 0.0150. The average molecular weight is 544 g/mol. The molecule has 2 atom stereocenters. The van der Waals surface area contributed by atoms with Crippen LogP contribution in [0.3, 0.4) is 0 Å². The number of hydrogen-bond donors (Lipinski definition) is 3. The van der Waals surface area contributed by atoms with E-state index in [1.54, 1.807) is 18.2 Å². The first-order valence-corrected chi connectivity index (χ1v) is 13.5. The van der Waals surface area contributed by atoms with Crippen molar-refractivity contribution in [3.8, 4) is 0 Å². The van der Waals surface area contributed by atoms with Crippen LogP contribution >= 0.6 is 11.6 Å². The zero-order chi connectivity index (χ0) is 27.0. The third-order valence-corrected chi connectivity index (χ3v) is 8.18. The van der Waals surface area contributed by atoms with Gasteiger partial charge in [-0.2, -0.15) is 5.10 Å². The molecule has 202 valence electrons. The fraction of sp³-hybridized carbons (Fsp3) is 0.464. The highest BCUT2D eigenvalue weighted by Gasteiger charge is 2.46. The van der Waals surface area contributed by atoms with E-state index in [-0.39, 0.29) is 29.1 Å². The van der Waals surface area contributed by atoms with Gasteiger partial charge in [-0.05, 0) is 69.2 Å². The molecule has 10 heteroatoms. The minimum atomic E-state index is -1.18. The monoisotopic (exact) mass is 543 g/mol. The number of carbonyl (C=O) groups is 1. The number of aromatic nitrogens is 3. The second-order valence-electron chi connectivity index (χ2n) is 10.7. The number of likely N-dealkylation sites (tertiary alicyclic amines) is 1. The summed E-state index contributed by atoms with van der Waals surface area (Å²) in [5, 5.41) is 20.7. The summed E-state index contributed by atoms with van der Waals surface area (Å²) in [6.07, 6.45) is 3.09. The lowest BCUT2D eigenvalue weighted by atomic mass is 9.71. The molecule has 0 unspecified atom stereocenters. The number of anilines is 2. The fourth-order valence-electron chi connectivity index (χ4n) is 5.56. The van der Waals surface area contributed by atoms with Crippen LogP contribution < -0.4 is 5.32 Å². The number of aliphatic carboxylic acids is 1. The van der Waals surface area contributed by atoms with Gasteiger partial charge < -0.3 is 10.4 Å². The van der Waals surface area contributed by atoms with Crippen molar-refractivity contribution in [1.29, 1.82) is 0 Å². The van der Waals surface area contributed by atoms with Crippen molar-refractivity contribution in [3.05, 3.63) is 69.5 Å². The topological polar surface area (TPSA) is 94.1 Å². The second kappa shape index (κ2) is 10.6. The molecule has 0 spiro atoms. The fourth-order valence-corrected chi connectivity index (χ4v) is 5.76. The van der Waals surface area contributed by atoms with E-state index in [9.17, 15) is 14.3 Å². The van der Waals surface area contributed by atoms with Gasteiger partial charge in [-0.25, -0.2) is 13.8 Å². The normalized spacial score (nSPS) is 22.0. The highest BCUT2D eigenvalue weighted by atomic mass is 35.5. The number of pyridine rings is 1. The molecule has 3 aromatic rings. The van der Waals surface area contributed by atoms with Gasteiger partial charge in [0.25, 0.3) is 0 Å². The van der Waals surface area contributed by atoms with Crippen LogP contribution in [0.4, 0.5) is 20.4 Å². The number of halogens is 3. The number of aryl methyl sites for hydroxylation is 1. The quantitative estimate of drug-likeness (QED) is 0.291. The van der Waals surface area contributed by atoms with Crippen molar-refractivity contribution < 1.29 is 18.7 Å². The molecular formula is C28H32ClF2N5O2. The Morgan fingerprint density at radius 3 is 2.71 bits per heavy atom. The number of piperidine rings is 1. The van der Waals surface area contributed by atoms with Gasteiger partial charge in [-0.3, -0.25) is 14.8 Å². The van der Waals surface area contributed by atoms with Crippen LogP contribution in [0.1, 0.15) is 67.5 Å². The standard InChI is InChI=1S/C28H32ClF2N5O2/c1-3-19-13-28(27(37)38,9-10-36(19)15-18-5-4-6-21(29)25(18)30)14-22-26(31)20(17-7-8-17)12-23(32-22)33-24-11-16(2)34-35-24/h4-6,11-12,17,19H,3,7-10,13-15H2,1-2H3,(H,37,38)(H2,32,33,34,35)/t19-,28-/m1/s1. The van der Waals surface area contributed by atoms with Crippen LogP contribution in [0.2, 0.25) is 5.02 Å². The van der Waals surface area contributed by atoms with Crippen LogP contribution in [0.15, 0.2) is 30.3 Å². The second-order valence-corrected chi connectivity index (χ2v) is 11.1. The van der Waals surface area contributed by atoms with Gasteiger partial charge in [0.2, 0.25) is 0 Å². The van der Waals surface area contributed by atoms with Gasteiger partial charge in [0.1, 0.15) is 17.5 Å². The van der Waals surface area contributed by atoms with Crippen molar-refractivity contribution in [2.24, 2.45) is 5.41 Å². The van der Waals surface area contributed by atoms with Gasteiger partial charge >= 0.3 is 5.97 Å². The first kappa shape index (κ1) is 26.6. The molecular weight excluding hydrogens is 512 g/mol. The Morgan fingerprint density at radius 2 is 2.05 bits per heavy atom. The summed E-state index contributed by atoms with van der Waals surface area (Å²) >= 11 is 5.97. The summed E-state index contributed by atoms with van der Waals surface area (Å²) in [5.74, 6) is -0.675. The van der Waals surface area contributed by atoms with E-state index in [0.29, 0.717) is 55.1 Å². The van der Waals surface area contributed by atoms with Crippen LogP contribution in [-0.4, -0.2) is 43.7 Å². The molecule has 1 saturated heterocycles. The molecule has 5 rings (SSSR count). The Morgan fingerprint density at radius 1 is 1.26 bits per heavy atom. The molecule has 1 saturated carbocycles. The summed E-state index contributed by atoms with van der Waals surface area (Å²) in [7, 11) is 0. The van der Waals surface area contributed by atoms with Crippen molar-refractivity contribution in [2.75, 3.05) is 11.9 Å². The van der Waals surface area contributed by atoms with Gasteiger partial charge in [-0.15, -0.1) is 0 Å². The Hall–Kier alpha value is -3.04. The molecule has 0 amide bonds. The van der Waals surface area contributed by atoms with E-state index in [0.717, 1.165) is 18.5 Å². The van der Waals surface area contributed by atoms with Crippen molar-refractivity contribution >= 4 is 29.2 Å². The average Bonchev–Trinajstić information content (AvgIpc) is 3.65. The third-order valence-electron chi connectivity index (χ3n) is 7.89. The Balaban J connectivity index is 1.42. The van der Waals surface area contributed by atoms with Gasteiger partial charge in [0, 0.05) is 36.3 Å². The predicted octanol–water partition coefficient (Wildman–Crippen LogP) is 6.35. The summed E-state index contributed by atoms with van der Waals surface area (Å²) in [6.45, 7) is 4.65. The smallest absolute Gasteiger partial charge is 0.310 e. The van der Waals surface area contributed by atoms with Crippen molar-refractivity contribution in [2.45, 2.75) is 70.9 Å². The number of H-pyrrole nitrogens is 1. The van der Waals surface area contributed by atoms with Crippen molar-refractivity contribution in [3.63, 3.8) is 0 Å². The summed E-state index contributed by atoms with van der Waals surface area (Å²) < 4.78 is 30.3. The third kappa shape index (κ3) is 5.40. The van der Waals surface area contributed by atoms with Gasteiger partial charge in [-0.1, -0.05) is 30.7 Å². The number of carboxylic acid groups (broad SMARTS) is 1. The molecule has 2 aromatic heterocycles. The molecule has 3 N–H and O–H groups in total. The lowest BCUT2D eigenvalue weighted by Gasteiger charge is -2.44. The Labute approximate surface area is 225 Å². The molecule has 7 nitrogen and oxygen atoms in total. The SMILES string of the molecule is CC[C@@H]1C[C@](Cc2nc(Nc3cc(C)[nH]n3)cc(C3CC3)c2F)(C(=O)O)CCN1Cc1cccc(Cl)c1F. The van der Waals surface area contributed by atoms with Gasteiger partial charge in [0.15, 0.2) is 5.82 Å². The van der Waals surface area contributed by atoms with Crippen LogP contribution in [0.25, 0.3) is 0 Å². The maximum atomic E-state index is 15.7. The largest absolute Gasteiger partial charge is 0.481 e. The number of benzene rings is 1. The van der Waals surface area contributed by atoms with E-state index in [4.69, 9.17) is 11.6 Å². The predicted molar refractivity (Wildman–Crippen MR) is 142 cm³/mol. The summed E-state index contributed by atoms with van der Waals surface area (Å²) in [4.78, 5) is 19.4. The molecule has 2 fully saturated rings. The van der Waals surface area contributed by atoms with E-state index in [1.807, 2.05) is 19.9 Å². The molecule has 38 heavy (non-hydrogen) atoms. The van der Waals surface area contributed by atoms with E-state index in [1.165, 1.54) is 6.07 Å². The van der Waals surface area contributed by atoms with E-state index >= 15 is 4.39 Å². The maximum absolute atomic E-state index is 15.7. The lowest BCUT2D eigenvalue weighted by molar-refractivity contribution is -0.154. The van der Waals surface area contributed by atoms with Crippen LogP contribution in [-0.2, 0) is 17.8 Å². The number of nitrogens with zero attached hydrogens (tertiary/aromatic N) is 3. The summed E-state index contributed by atoms with van der Waals surface area (Å²) in [5.41, 5.74) is 0.910. The molecule has 0 radical (unpaired) electrons. The number of hydrogen-bond acceptors (Lipinski definition) is 5. The van der Waals surface area contributed by atoms with Gasteiger partial charge in [0.05, 0.1) is 16.1 Å². The van der Waals surface area contributed by atoms with E-state index in [2.05, 4.69) is 25.4 Å². The Bertz CT molecular complexity index is 1340. The molecule has 0 bridgehead atoms. The van der Waals surface area contributed by atoms with Crippen LogP contribution in [0, 0.1) is 24.0 Å². The molecule has 3 heterocycles. The number of aromatic amines is 1. The van der Waals surface area contributed by atoms with Crippen molar-refractivity contribution in [1.82, 2.24) is 20.1 Å². The Kier molecular flexibility index (Phi) is 7.42. The molecule has 1 aliphatic carbocycles.